The first-order valence-corrected chi connectivity index (χ1v) is 5.37. The lowest BCUT2D eigenvalue weighted by Gasteiger charge is -2.15. The molecule has 1 aliphatic carbocycles. The van der Waals surface area contributed by atoms with Crippen LogP contribution in [0.1, 0.15) is 28.2 Å². The molecule has 0 amide bonds. The molecule has 0 bridgehead atoms. The first kappa shape index (κ1) is 10.2. The normalized spacial score (nSPS) is 19.4. The Balaban J connectivity index is 2.12. The van der Waals surface area contributed by atoms with Crippen molar-refractivity contribution in [2.75, 3.05) is 0 Å². The van der Waals surface area contributed by atoms with Crippen LogP contribution in [0.5, 0.6) is 0 Å². The molecule has 0 saturated carbocycles. The van der Waals surface area contributed by atoms with E-state index in [-0.39, 0.29) is 12.2 Å². The van der Waals surface area contributed by atoms with E-state index in [0.29, 0.717) is 34.8 Å². The molecule has 0 aromatic carbocycles. The molecular formula is C11H11N3O3. The highest BCUT2D eigenvalue weighted by Gasteiger charge is 2.30. The van der Waals surface area contributed by atoms with Crippen molar-refractivity contribution in [2.45, 2.75) is 25.9 Å². The molecule has 0 aliphatic heterocycles. The Bertz CT molecular complexity index is 585. The summed E-state index contributed by atoms with van der Waals surface area (Å²) in [6.45, 7) is 1.78. The van der Waals surface area contributed by atoms with Gasteiger partial charge < -0.3 is 9.63 Å². The highest BCUT2D eigenvalue weighted by Crippen LogP contribution is 2.29. The molecule has 0 radical (unpaired) electrons. The summed E-state index contributed by atoms with van der Waals surface area (Å²) in [5.41, 5.74) is 2.26. The molecule has 0 saturated heterocycles. The summed E-state index contributed by atoms with van der Waals surface area (Å²) in [6, 6.07) is 1.73. The van der Waals surface area contributed by atoms with Gasteiger partial charge in [-0.05, 0) is 6.92 Å². The van der Waals surface area contributed by atoms with Crippen LogP contribution in [0.3, 0.4) is 0 Å². The number of hydrogen-bond acceptors (Lipinski definition) is 5. The fraction of sp³-hybridized carbons (Fsp3) is 0.364. The number of aliphatic hydroxyl groups excluding tert-OH is 1. The van der Waals surface area contributed by atoms with E-state index in [1.807, 2.05) is 0 Å². The Labute approximate surface area is 96.6 Å². The third-order valence-electron chi connectivity index (χ3n) is 2.85. The zero-order chi connectivity index (χ0) is 12.0. The zero-order valence-electron chi connectivity index (χ0n) is 9.23. The van der Waals surface area contributed by atoms with Crippen molar-refractivity contribution < 1.29 is 14.4 Å². The van der Waals surface area contributed by atoms with E-state index < -0.39 is 6.10 Å². The van der Waals surface area contributed by atoms with Gasteiger partial charge in [-0.3, -0.25) is 9.89 Å². The number of aromatic amines is 1. The lowest BCUT2D eigenvalue weighted by molar-refractivity contribution is 0.0852. The van der Waals surface area contributed by atoms with E-state index in [9.17, 15) is 9.90 Å². The second-order valence-corrected chi connectivity index (χ2v) is 4.23. The number of aryl methyl sites for hydroxylation is 1. The fourth-order valence-corrected chi connectivity index (χ4v) is 2.11. The van der Waals surface area contributed by atoms with Crippen LogP contribution in [-0.4, -0.2) is 32.3 Å². The van der Waals surface area contributed by atoms with Crippen molar-refractivity contribution in [3.05, 3.63) is 23.1 Å². The number of ketones is 1. The van der Waals surface area contributed by atoms with Crippen molar-refractivity contribution >= 4 is 5.78 Å². The molecule has 0 fully saturated rings. The molecular weight excluding hydrogens is 222 g/mol. The lowest BCUT2D eigenvalue weighted by atomic mass is 9.92. The summed E-state index contributed by atoms with van der Waals surface area (Å²) in [6.07, 6.45) is -0.0660. The summed E-state index contributed by atoms with van der Waals surface area (Å²) in [7, 11) is 0. The van der Waals surface area contributed by atoms with Crippen LogP contribution in [0.25, 0.3) is 11.4 Å². The molecule has 6 heteroatoms. The zero-order valence-corrected chi connectivity index (χ0v) is 9.23. The van der Waals surface area contributed by atoms with Crippen LogP contribution in [0.4, 0.5) is 0 Å². The van der Waals surface area contributed by atoms with Crippen LogP contribution in [0.15, 0.2) is 10.6 Å². The average Bonchev–Trinajstić information content (AvgIpc) is 2.83. The summed E-state index contributed by atoms with van der Waals surface area (Å²) >= 11 is 0. The molecule has 0 spiro atoms. The molecule has 88 valence electrons. The van der Waals surface area contributed by atoms with Crippen LogP contribution >= 0.6 is 0 Å². The quantitative estimate of drug-likeness (QED) is 0.762. The van der Waals surface area contributed by atoms with E-state index in [0.717, 1.165) is 0 Å². The maximum Gasteiger partial charge on any atom is 0.169 e. The van der Waals surface area contributed by atoms with Crippen LogP contribution in [0.2, 0.25) is 0 Å². The maximum atomic E-state index is 11.9. The second kappa shape index (κ2) is 3.53. The lowest BCUT2D eigenvalue weighted by Crippen LogP contribution is -2.23. The fourth-order valence-electron chi connectivity index (χ4n) is 2.11. The Kier molecular flexibility index (Phi) is 2.12. The van der Waals surface area contributed by atoms with Crippen LogP contribution in [-0.2, 0) is 6.42 Å². The largest absolute Gasteiger partial charge is 0.392 e. The van der Waals surface area contributed by atoms with E-state index in [4.69, 9.17) is 4.52 Å². The monoisotopic (exact) mass is 233 g/mol. The van der Waals surface area contributed by atoms with Crippen molar-refractivity contribution in [1.29, 1.82) is 0 Å². The number of nitrogens with one attached hydrogen (secondary N) is 1. The first-order valence-electron chi connectivity index (χ1n) is 5.37. The molecule has 1 atom stereocenters. The van der Waals surface area contributed by atoms with Gasteiger partial charge in [0.25, 0.3) is 0 Å². The number of nitrogens with zero attached hydrogens (tertiary/aromatic N) is 2. The van der Waals surface area contributed by atoms with E-state index in [1.54, 1.807) is 13.0 Å². The van der Waals surface area contributed by atoms with Gasteiger partial charge >= 0.3 is 0 Å². The highest BCUT2D eigenvalue weighted by atomic mass is 16.5. The number of H-pyrrole nitrogens is 1. The van der Waals surface area contributed by atoms with Crippen molar-refractivity contribution in [1.82, 2.24) is 15.4 Å². The third-order valence-corrected chi connectivity index (χ3v) is 2.85. The van der Waals surface area contributed by atoms with Crippen molar-refractivity contribution in [3.63, 3.8) is 0 Å². The minimum Gasteiger partial charge on any atom is -0.392 e. The summed E-state index contributed by atoms with van der Waals surface area (Å²) < 4.78 is 4.97. The smallest absolute Gasteiger partial charge is 0.169 e. The molecule has 1 aliphatic rings. The molecule has 1 unspecified atom stereocenters. The number of carbonyl (C=O) groups is 1. The van der Waals surface area contributed by atoms with E-state index in [1.165, 1.54) is 0 Å². The van der Waals surface area contributed by atoms with E-state index in [2.05, 4.69) is 15.4 Å². The Morgan fingerprint density at radius 3 is 3.06 bits per heavy atom. The molecule has 2 N–H and O–H groups in total. The summed E-state index contributed by atoms with van der Waals surface area (Å²) in [4.78, 5) is 11.9. The predicted octanol–water partition coefficient (Wildman–Crippen LogP) is 0.863. The Morgan fingerprint density at radius 1 is 1.53 bits per heavy atom. The number of aliphatic hydroxyl groups is 1. The molecule has 2 aromatic heterocycles. The first-order chi connectivity index (χ1) is 8.15. The van der Waals surface area contributed by atoms with Crippen LogP contribution < -0.4 is 0 Å². The van der Waals surface area contributed by atoms with Gasteiger partial charge in [0, 0.05) is 24.6 Å². The van der Waals surface area contributed by atoms with Gasteiger partial charge in [-0.25, -0.2) is 0 Å². The molecule has 2 heterocycles. The van der Waals surface area contributed by atoms with Crippen LogP contribution in [0, 0.1) is 6.92 Å². The number of rotatable bonds is 1. The van der Waals surface area contributed by atoms with Gasteiger partial charge in [0.2, 0.25) is 0 Å². The van der Waals surface area contributed by atoms with Gasteiger partial charge in [-0.2, -0.15) is 5.10 Å². The number of carbonyl (C=O) groups excluding carboxylic acids is 1. The number of aromatic nitrogens is 3. The number of Topliss-reactive ketones (excluding diaryl/α,β-unsaturated/α-hetero) is 1. The minimum atomic E-state index is -0.623. The minimum absolute atomic E-state index is 0.108. The van der Waals surface area contributed by atoms with Gasteiger partial charge in [-0.1, -0.05) is 5.16 Å². The topological polar surface area (TPSA) is 92.0 Å². The highest BCUT2D eigenvalue weighted by molar-refractivity contribution is 6.03. The number of hydrogen-bond donors (Lipinski definition) is 2. The van der Waals surface area contributed by atoms with Gasteiger partial charge in [0.1, 0.15) is 17.1 Å². The standard InChI is InChI=1S/C11H11N3O3/c1-5-2-8(14-17-5)11-10-7(12-13-11)3-6(15)4-9(10)16/h2,6,15H,3-4H2,1H3,(H,12,13). The van der Waals surface area contributed by atoms with Gasteiger partial charge in [0.05, 0.1) is 11.7 Å². The third kappa shape index (κ3) is 1.57. The molecule has 17 heavy (non-hydrogen) atoms. The second-order valence-electron chi connectivity index (χ2n) is 4.23. The van der Waals surface area contributed by atoms with Crippen molar-refractivity contribution in [2.24, 2.45) is 0 Å². The van der Waals surface area contributed by atoms with Gasteiger partial charge in [0.15, 0.2) is 5.78 Å². The average molecular weight is 233 g/mol. The molecule has 3 rings (SSSR count). The number of fused-ring (bicyclic) bond motifs is 1. The SMILES string of the molecule is Cc1cc(-c2n[nH]c3c2C(=O)CC(O)C3)no1. The molecule has 2 aromatic rings. The van der Waals surface area contributed by atoms with Crippen molar-refractivity contribution in [3.8, 4) is 11.4 Å². The van der Waals surface area contributed by atoms with E-state index >= 15 is 0 Å². The maximum absolute atomic E-state index is 11.9. The van der Waals surface area contributed by atoms with Gasteiger partial charge in [-0.15, -0.1) is 0 Å². The predicted molar refractivity (Wildman–Crippen MR) is 57.5 cm³/mol. The Morgan fingerprint density at radius 2 is 2.35 bits per heavy atom. The summed E-state index contributed by atoms with van der Waals surface area (Å²) in [5, 5.41) is 20.2. The Hall–Kier alpha value is -1.95. The summed E-state index contributed by atoms with van der Waals surface area (Å²) in [5.74, 6) is 0.559. The molecule has 6 nitrogen and oxygen atoms in total.